The van der Waals surface area contributed by atoms with Gasteiger partial charge in [-0.05, 0) is 12.3 Å². The van der Waals surface area contributed by atoms with E-state index in [0.717, 1.165) is 0 Å². The molecular formula is C10H21N3O5. The Balaban J connectivity index is 0. The van der Waals surface area contributed by atoms with E-state index in [1.807, 2.05) is 13.8 Å². The van der Waals surface area contributed by atoms with E-state index >= 15 is 0 Å². The Hall–Kier alpha value is -1.67. The first-order valence-corrected chi connectivity index (χ1v) is 5.33. The van der Waals surface area contributed by atoms with E-state index in [2.05, 4.69) is 5.73 Å². The van der Waals surface area contributed by atoms with Crippen LogP contribution in [0, 0.1) is 5.92 Å². The Morgan fingerprint density at radius 2 is 1.39 bits per heavy atom. The number of primary amides is 1. The average Bonchev–Trinajstić information content (AvgIpc) is 2.16. The largest absolute Gasteiger partial charge is 0.480 e. The highest BCUT2D eigenvalue weighted by atomic mass is 16.4. The van der Waals surface area contributed by atoms with E-state index in [-0.39, 0.29) is 6.42 Å². The summed E-state index contributed by atoms with van der Waals surface area (Å²) in [5.74, 6) is -2.47. The molecule has 8 heteroatoms. The number of amides is 1. The molecule has 2 atom stereocenters. The highest BCUT2D eigenvalue weighted by Crippen LogP contribution is 2.01. The van der Waals surface area contributed by atoms with Crippen LogP contribution in [-0.4, -0.2) is 40.1 Å². The molecule has 1 amide bonds. The molecule has 0 spiro atoms. The number of carboxylic acid groups (broad SMARTS) is 2. The van der Waals surface area contributed by atoms with E-state index < -0.39 is 29.9 Å². The Labute approximate surface area is 105 Å². The molecule has 0 aromatic heterocycles. The Bertz CT molecular complexity index is 293. The molecule has 0 saturated carbocycles. The first kappa shape index (κ1) is 18.7. The van der Waals surface area contributed by atoms with Gasteiger partial charge in [-0.2, -0.15) is 0 Å². The summed E-state index contributed by atoms with van der Waals surface area (Å²) < 4.78 is 0. The summed E-state index contributed by atoms with van der Waals surface area (Å²) >= 11 is 0. The summed E-state index contributed by atoms with van der Waals surface area (Å²) in [7, 11) is 0. The van der Waals surface area contributed by atoms with Gasteiger partial charge in [-0.25, -0.2) is 0 Å². The smallest absolute Gasteiger partial charge is 0.321 e. The number of aliphatic carboxylic acids is 2. The number of rotatable bonds is 6. The van der Waals surface area contributed by atoms with Gasteiger partial charge in [0.2, 0.25) is 5.91 Å². The highest BCUT2D eigenvalue weighted by Gasteiger charge is 2.13. The van der Waals surface area contributed by atoms with Gasteiger partial charge in [0, 0.05) is 0 Å². The lowest BCUT2D eigenvalue weighted by Gasteiger charge is -2.07. The number of carboxylic acids is 2. The van der Waals surface area contributed by atoms with Crippen LogP contribution < -0.4 is 17.2 Å². The van der Waals surface area contributed by atoms with Crippen molar-refractivity contribution in [3.63, 3.8) is 0 Å². The van der Waals surface area contributed by atoms with Gasteiger partial charge in [0.25, 0.3) is 0 Å². The van der Waals surface area contributed by atoms with Crippen molar-refractivity contribution in [2.45, 2.75) is 38.8 Å². The lowest BCUT2D eigenvalue weighted by molar-refractivity contribution is -0.140. The first-order valence-electron chi connectivity index (χ1n) is 5.33. The molecule has 0 bridgehead atoms. The number of carbonyl (C=O) groups is 3. The van der Waals surface area contributed by atoms with Crippen molar-refractivity contribution in [2.24, 2.45) is 23.1 Å². The summed E-state index contributed by atoms with van der Waals surface area (Å²) in [6.45, 7) is 3.89. The molecule has 0 aromatic rings. The van der Waals surface area contributed by atoms with Crippen LogP contribution in [0.1, 0.15) is 26.7 Å². The minimum Gasteiger partial charge on any atom is -0.480 e. The molecule has 0 fully saturated rings. The maximum absolute atomic E-state index is 10.1. The monoisotopic (exact) mass is 263 g/mol. The Morgan fingerprint density at radius 3 is 1.50 bits per heavy atom. The van der Waals surface area contributed by atoms with Gasteiger partial charge in [0.1, 0.15) is 12.1 Å². The van der Waals surface area contributed by atoms with Crippen LogP contribution in [0.5, 0.6) is 0 Å². The minimum atomic E-state index is -1.21. The second kappa shape index (κ2) is 9.37. The van der Waals surface area contributed by atoms with Crippen molar-refractivity contribution >= 4 is 17.8 Å². The van der Waals surface area contributed by atoms with Gasteiger partial charge in [0.05, 0.1) is 6.42 Å². The number of carbonyl (C=O) groups excluding carboxylic acids is 1. The van der Waals surface area contributed by atoms with Crippen molar-refractivity contribution in [3.05, 3.63) is 0 Å². The van der Waals surface area contributed by atoms with Crippen LogP contribution in [0.25, 0.3) is 0 Å². The summed E-state index contributed by atoms with van der Waals surface area (Å²) in [5, 5.41) is 16.4. The molecule has 0 heterocycles. The Kier molecular flexibility index (Phi) is 9.73. The van der Waals surface area contributed by atoms with E-state index in [4.69, 9.17) is 21.7 Å². The fraction of sp³-hybridized carbons (Fsp3) is 0.700. The standard InChI is InChI=1S/C6H13NO2.C4H8N2O3/c1-4(2)3-5(7)6(8)9;5-2(4(8)9)1-3(6)7/h4-5H,3,7H2,1-2H3,(H,8,9);2H,1,5H2,(H2,6,7)(H,8,9)/t5-;2-/m11/s1. The predicted octanol–water partition coefficient (Wildman–Crippen LogP) is -1.28. The van der Waals surface area contributed by atoms with E-state index in [1.165, 1.54) is 0 Å². The normalized spacial score (nSPS) is 13.2. The average molecular weight is 263 g/mol. The van der Waals surface area contributed by atoms with Gasteiger partial charge < -0.3 is 27.4 Å². The zero-order chi connectivity index (χ0) is 14.9. The maximum Gasteiger partial charge on any atom is 0.321 e. The van der Waals surface area contributed by atoms with Crippen molar-refractivity contribution < 1.29 is 24.6 Å². The van der Waals surface area contributed by atoms with Gasteiger partial charge in [-0.3, -0.25) is 14.4 Å². The van der Waals surface area contributed by atoms with E-state index in [0.29, 0.717) is 12.3 Å². The van der Waals surface area contributed by atoms with Crippen LogP contribution in [-0.2, 0) is 14.4 Å². The second-order valence-electron chi connectivity index (χ2n) is 4.19. The molecule has 0 aromatic carbocycles. The third-order valence-electron chi connectivity index (χ3n) is 1.78. The molecule has 0 saturated heterocycles. The molecule has 18 heavy (non-hydrogen) atoms. The van der Waals surface area contributed by atoms with Crippen molar-refractivity contribution in [1.82, 2.24) is 0 Å². The number of nitrogens with two attached hydrogens (primary N) is 3. The van der Waals surface area contributed by atoms with E-state index in [1.54, 1.807) is 0 Å². The van der Waals surface area contributed by atoms with Gasteiger partial charge in [-0.15, -0.1) is 0 Å². The van der Waals surface area contributed by atoms with Crippen LogP contribution >= 0.6 is 0 Å². The van der Waals surface area contributed by atoms with Gasteiger partial charge >= 0.3 is 11.9 Å². The Morgan fingerprint density at radius 1 is 1.00 bits per heavy atom. The fourth-order valence-electron chi connectivity index (χ4n) is 0.913. The predicted molar refractivity (Wildman–Crippen MR) is 64.5 cm³/mol. The zero-order valence-electron chi connectivity index (χ0n) is 10.5. The molecule has 8 N–H and O–H groups in total. The number of hydrogen-bond acceptors (Lipinski definition) is 5. The van der Waals surface area contributed by atoms with Crippen LogP contribution in [0.3, 0.4) is 0 Å². The lowest BCUT2D eigenvalue weighted by atomic mass is 10.1. The van der Waals surface area contributed by atoms with Gasteiger partial charge in [-0.1, -0.05) is 13.8 Å². The lowest BCUT2D eigenvalue weighted by Crippen LogP contribution is -2.34. The zero-order valence-corrected chi connectivity index (χ0v) is 10.5. The van der Waals surface area contributed by atoms with Crippen LogP contribution in [0.15, 0.2) is 0 Å². The molecule has 8 nitrogen and oxygen atoms in total. The van der Waals surface area contributed by atoms with Crippen molar-refractivity contribution in [1.29, 1.82) is 0 Å². The third kappa shape index (κ3) is 12.4. The summed E-state index contributed by atoms with van der Waals surface area (Å²) in [6.07, 6.45) is 0.241. The summed E-state index contributed by atoms with van der Waals surface area (Å²) in [4.78, 5) is 30.0. The molecular weight excluding hydrogens is 242 g/mol. The van der Waals surface area contributed by atoms with Crippen LogP contribution in [0.4, 0.5) is 0 Å². The molecule has 0 rings (SSSR count). The first-order chi connectivity index (χ1) is 8.07. The fourth-order valence-corrected chi connectivity index (χ4v) is 0.913. The van der Waals surface area contributed by atoms with Crippen molar-refractivity contribution in [2.75, 3.05) is 0 Å². The molecule has 0 unspecified atom stereocenters. The van der Waals surface area contributed by atoms with Crippen molar-refractivity contribution in [3.8, 4) is 0 Å². The minimum absolute atomic E-state index is 0.310. The molecule has 0 aliphatic rings. The molecule has 0 aliphatic carbocycles. The van der Waals surface area contributed by atoms with Gasteiger partial charge in [0.15, 0.2) is 0 Å². The molecule has 0 radical (unpaired) electrons. The quantitative estimate of drug-likeness (QED) is 0.397. The molecule has 0 aliphatic heterocycles. The van der Waals surface area contributed by atoms with E-state index in [9.17, 15) is 14.4 Å². The second-order valence-corrected chi connectivity index (χ2v) is 4.19. The SMILES string of the molecule is CC(C)C[C@@H](N)C(=O)O.NC(=O)C[C@@H](N)C(=O)O. The topological polar surface area (TPSA) is 170 Å². The highest BCUT2D eigenvalue weighted by molar-refractivity contribution is 5.83. The number of hydrogen-bond donors (Lipinski definition) is 5. The van der Waals surface area contributed by atoms with Crippen LogP contribution in [0.2, 0.25) is 0 Å². The third-order valence-corrected chi connectivity index (χ3v) is 1.78. The summed E-state index contributed by atoms with van der Waals surface area (Å²) in [6, 6.07) is -1.85. The maximum atomic E-state index is 10.1. The molecule has 106 valence electrons. The summed E-state index contributed by atoms with van der Waals surface area (Å²) in [5.41, 5.74) is 14.8.